The van der Waals surface area contributed by atoms with Crippen LogP contribution in [0.3, 0.4) is 0 Å². The summed E-state index contributed by atoms with van der Waals surface area (Å²) in [5, 5.41) is 15.9. The third-order valence-corrected chi connectivity index (χ3v) is 3.87. The average Bonchev–Trinajstić information content (AvgIpc) is 2.63. The SMILES string of the molecule is COc1cccc(CNCCNCCO)c1OCc1cccc(Cl)c1. The van der Waals surface area contributed by atoms with E-state index < -0.39 is 0 Å². The number of hydrogen-bond donors (Lipinski definition) is 3. The zero-order valence-corrected chi connectivity index (χ0v) is 15.2. The summed E-state index contributed by atoms with van der Waals surface area (Å²) in [6.07, 6.45) is 0. The fourth-order valence-electron chi connectivity index (χ4n) is 2.41. The van der Waals surface area contributed by atoms with Gasteiger partial charge in [-0.3, -0.25) is 0 Å². The molecule has 2 aromatic rings. The quantitative estimate of drug-likeness (QED) is 0.535. The van der Waals surface area contributed by atoms with Crippen molar-refractivity contribution in [2.75, 3.05) is 33.4 Å². The molecular formula is C19H25ClN2O3. The van der Waals surface area contributed by atoms with Crippen LogP contribution in [0.1, 0.15) is 11.1 Å². The highest BCUT2D eigenvalue weighted by molar-refractivity contribution is 6.30. The number of hydrogen-bond acceptors (Lipinski definition) is 5. The summed E-state index contributed by atoms with van der Waals surface area (Å²) < 4.78 is 11.5. The maximum Gasteiger partial charge on any atom is 0.166 e. The largest absolute Gasteiger partial charge is 0.493 e. The Morgan fingerprint density at radius 2 is 1.84 bits per heavy atom. The van der Waals surface area contributed by atoms with Crippen molar-refractivity contribution in [2.24, 2.45) is 0 Å². The molecule has 0 aliphatic heterocycles. The predicted molar refractivity (Wildman–Crippen MR) is 100 cm³/mol. The summed E-state index contributed by atoms with van der Waals surface area (Å²) in [6, 6.07) is 13.5. The Morgan fingerprint density at radius 1 is 1.04 bits per heavy atom. The van der Waals surface area contributed by atoms with Gasteiger partial charge in [0.15, 0.2) is 11.5 Å². The molecule has 0 aliphatic rings. The Morgan fingerprint density at radius 3 is 2.60 bits per heavy atom. The molecule has 2 aromatic carbocycles. The van der Waals surface area contributed by atoms with Crippen LogP contribution < -0.4 is 20.1 Å². The van der Waals surface area contributed by atoms with E-state index in [2.05, 4.69) is 10.6 Å². The van der Waals surface area contributed by atoms with Gasteiger partial charge >= 0.3 is 0 Å². The molecule has 0 fully saturated rings. The monoisotopic (exact) mass is 364 g/mol. The molecule has 2 rings (SSSR count). The van der Waals surface area contributed by atoms with E-state index in [4.69, 9.17) is 26.2 Å². The van der Waals surface area contributed by atoms with E-state index in [-0.39, 0.29) is 6.61 Å². The van der Waals surface area contributed by atoms with Crippen molar-refractivity contribution in [3.8, 4) is 11.5 Å². The van der Waals surface area contributed by atoms with Crippen LogP contribution in [0, 0.1) is 0 Å². The van der Waals surface area contributed by atoms with Crippen molar-refractivity contribution in [3.63, 3.8) is 0 Å². The van der Waals surface area contributed by atoms with Crippen LogP contribution in [0.15, 0.2) is 42.5 Å². The molecule has 0 saturated heterocycles. The molecule has 0 aliphatic carbocycles. The summed E-state index contributed by atoms with van der Waals surface area (Å²) in [5.41, 5.74) is 2.04. The van der Waals surface area contributed by atoms with Crippen molar-refractivity contribution in [3.05, 3.63) is 58.6 Å². The summed E-state index contributed by atoms with van der Waals surface area (Å²) in [4.78, 5) is 0. The molecule has 0 bridgehead atoms. The lowest BCUT2D eigenvalue weighted by molar-refractivity contribution is 0.280. The zero-order chi connectivity index (χ0) is 17.9. The van der Waals surface area contributed by atoms with Crippen LogP contribution in [-0.2, 0) is 13.2 Å². The summed E-state index contributed by atoms with van der Waals surface area (Å²) in [5.74, 6) is 1.44. The van der Waals surface area contributed by atoms with E-state index in [0.717, 1.165) is 30.0 Å². The molecule has 3 N–H and O–H groups in total. The Bertz CT molecular complexity index is 652. The summed E-state index contributed by atoms with van der Waals surface area (Å²) in [6.45, 7) is 3.44. The van der Waals surface area contributed by atoms with E-state index in [0.29, 0.717) is 30.5 Å². The number of para-hydroxylation sites is 1. The maximum atomic E-state index is 8.74. The number of aliphatic hydroxyl groups excluding tert-OH is 1. The molecule has 5 nitrogen and oxygen atoms in total. The predicted octanol–water partition coefficient (Wildman–Crippen LogP) is 2.60. The van der Waals surface area contributed by atoms with Crippen LogP contribution in [0.5, 0.6) is 11.5 Å². The molecule has 6 heteroatoms. The normalized spacial score (nSPS) is 10.7. The molecule has 0 spiro atoms. The van der Waals surface area contributed by atoms with Crippen LogP contribution in [0.2, 0.25) is 5.02 Å². The number of benzene rings is 2. The van der Waals surface area contributed by atoms with Gasteiger partial charge in [0.2, 0.25) is 0 Å². The fourth-order valence-corrected chi connectivity index (χ4v) is 2.62. The number of halogens is 1. The van der Waals surface area contributed by atoms with Gasteiger partial charge in [0.05, 0.1) is 13.7 Å². The Balaban J connectivity index is 1.97. The molecular weight excluding hydrogens is 340 g/mol. The minimum Gasteiger partial charge on any atom is -0.493 e. The number of methoxy groups -OCH3 is 1. The Kier molecular flexibility index (Phi) is 8.55. The second kappa shape index (κ2) is 10.9. The molecule has 0 heterocycles. The summed E-state index contributed by atoms with van der Waals surface area (Å²) in [7, 11) is 1.64. The lowest BCUT2D eigenvalue weighted by atomic mass is 10.1. The molecule has 0 amide bonds. The first kappa shape index (κ1) is 19.5. The van der Waals surface area contributed by atoms with Crippen molar-refractivity contribution in [1.82, 2.24) is 10.6 Å². The Hall–Kier alpha value is -1.79. The third-order valence-electron chi connectivity index (χ3n) is 3.64. The van der Waals surface area contributed by atoms with Gasteiger partial charge in [0.1, 0.15) is 6.61 Å². The van der Waals surface area contributed by atoms with Gasteiger partial charge in [0.25, 0.3) is 0 Å². The minimum atomic E-state index is 0.150. The first-order chi connectivity index (χ1) is 12.2. The third kappa shape index (κ3) is 6.55. The first-order valence-corrected chi connectivity index (χ1v) is 8.68. The van der Waals surface area contributed by atoms with E-state index in [1.54, 1.807) is 7.11 Å². The highest BCUT2D eigenvalue weighted by Crippen LogP contribution is 2.32. The average molecular weight is 365 g/mol. The standard InChI is InChI=1S/C19H25ClN2O3/c1-24-18-7-3-5-16(13-22-9-8-21-10-11-23)19(18)25-14-15-4-2-6-17(20)12-15/h2-7,12,21-23H,8-11,13-14H2,1H3. The van der Waals surface area contributed by atoms with Gasteiger partial charge < -0.3 is 25.2 Å². The van der Waals surface area contributed by atoms with E-state index in [9.17, 15) is 0 Å². The second-order valence-electron chi connectivity index (χ2n) is 5.52. The number of nitrogens with one attached hydrogen (secondary N) is 2. The Labute approximate surface area is 153 Å². The maximum absolute atomic E-state index is 8.74. The van der Waals surface area contributed by atoms with E-state index in [1.165, 1.54) is 0 Å². The molecule has 0 unspecified atom stereocenters. The highest BCUT2D eigenvalue weighted by atomic mass is 35.5. The van der Waals surface area contributed by atoms with Crippen molar-refractivity contribution >= 4 is 11.6 Å². The molecule has 136 valence electrons. The first-order valence-electron chi connectivity index (χ1n) is 8.30. The topological polar surface area (TPSA) is 62.8 Å². The lowest BCUT2D eigenvalue weighted by Crippen LogP contribution is -2.28. The van der Waals surface area contributed by atoms with Gasteiger partial charge in [0, 0.05) is 36.8 Å². The molecule has 0 saturated carbocycles. The van der Waals surface area contributed by atoms with Crippen molar-refractivity contribution < 1.29 is 14.6 Å². The zero-order valence-electron chi connectivity index (χ0n) is 14.4. The molecule has 25 heavy (non-hydrogen) atoms. The second-order valence-corrected chi connectivity index (χ2v) is 5.95. The van der Waals surface area contributed by atoms with E-state index in [1.807, 2.05) is 42.5 Å². The number of ether oxygens (including phenoxy) is 2. The highest BCUT2D eigenvalue weighted by Gasteiger charge is 2.11. The van der Waals surface area contributed by atoms with Crippen LogP contribution in [0.25, 0.3) is 0 Å². The van der Waals surface area contributed by atoms with Gasteiger partial charge in [-0.2, -0.15) is 0 Å². The van der Waals surface area contributed by atoms with Gasteiger partial charge in [-0.15, -0.1) is 0 Å². The van der Waals surface area contributed by atoms with Gasteiger partial charge in [-0.05, 0) is 23.8 Å². The van der Waals surface area contributed by atoms with Crippen LogP contribution >= 0.6 is 11.6 Å². The number of aliphatic hydroxyl groups is 1. The van der Waals surface area contributed by atoms with Crippen LogP contribution in [-0.4, -0.2) is 38.5 Å². The smallest absolute Gasteiger partial charge is 0.166 e. The summed E-state index contributed by atoms with van der Waals surface area (Å²) >= 11 is 6.03. The lowest BCUT2D eigenvalue weighted by Gasteiger charge is -2.16. The van der Waals surface area contributed by atoms with Gasteiger partial charge in [-0.25, -0.2) is 0 Å². The van der Waals surface area contributed by atoms with Crippen LogP contribution in [0.4, 0.5) is 0 Å². The van der Waals surface area contributed by atoms with Crippen molar-refractivity contribution in [2.45, 2.75) is 13.2 Å². The minimum absolute atomic E-state index is 0.150. The van der Waals surface area contributed by atoms with Crippen molar-refractivity contribution in [1.29, 1.82) is 0 Å². The van der Waals surface area contributed by atoms with Gasteiger partial charge in [-0.1, -0.05) is 35.9 Å². The molecule has 0 aromatic heterocycles. The van der Waals surface area contributed by atoms with E-state index >= 15 is 0 Å². The fraction of sp³-hybridized carbons (Fsp3) is 0.368. The number of rotatable bonds is 11. The molecule has 0 atom stereocenters. The molecule has 0 radical (unpaired) electrons.